The predicted molar refractivity (Wildman–Crippen MR) is 141 cm³/mol. The van der Waals surface area contributed by atoms with Crippen LogP contribution < -0.4 is 10.6 Å². The number of oxazole rings is 1. The molecule has 1 aromatic heterocycles. The van der Waals surface area contributed by atoms with E-state index in [1.807, 2.05) is 20.9 Å². The Kier molecular flexibility index (Phi) is 10.7. The summed E-state index contributed by atoms with van der Waals surface area (Å²) >= 11 is 0. The number of guanidine groups is 1. The summed E-state index contributed by atoms with van der Waals surface area (Å²) in [5.41, 5.74) is 1.17. The first-order valence-corrected chi connectivity index (χ1v) is 12.0. The zero-order chi connectivity index (χ0) is 22.4. The summed E-state index contributed by atoms with van der Waals surface area (Å²) in [5, 5.41) is 7.11. The molecule has 0 amide bonds. The molecule has 2 unspecified atom stereocenters. The van der Waals surface area contributed by atoms with Crippen LogP contribution in [0.15, 0.2) is 9.41 Å². The lowest BCUT2D eigenvalue weighted by atomic mass is 9.78. The van der Waals surface area contributed by atoms with E-state index in [-0.39, 0.29) is 29.4 Å². The van der Waals surface area contributed by atoms with Gasteiger partial charge in [0.1, 0.15) is 5.76 Å². The molecule has 3 heterocycles. The van der Waals surface area contributed by atoms with Crippen LogP contribution in [0.4, 0.5) is 0 Å². The van der Waals surface area contributed by atoms with E-state index >= 15 is 0 Å². The van der Waals surface area contributed by atoms with E-state index in [9.17, 15) is 0 Å². The Balaban J connectivity index is 0.00000363. The second-order valence-electron chi connectivity index (χ2n) is 10.4. The maximum atomic E-state index is 6.12. The molecule has 7 nitrogen and oxygen atoms in total. The lowest BCUT2D eigenvalue weighted by Crippen LogP contribution is -2.48. The van der Waals surface area contributed by atoms with Crippen LogP contribution in [0, 0.1) is 31.1 Å². The van der Waals surface area contributed by atoms with Crippen molar-refractivity contribution in [2.45, 2.75) is 73.0 Å². The molecule has 0 aromatic carbocycles. The number of aliphatic imine (C=N–C) groups is 1. The second-order valence-corrected chi connectivity index (χ2v) is 10.4. The zero-order valence-corrected chi connectivity index (χ0v) is 23.2. The standard InChI is InChI=1S/C24H43N5O2.HI/c1-17-18(2)31-21(28-17)16-29-11-9-19(10-12-29)14-26-23(25-6)27-15-20-8-7-13-30-22(20)24(3,4)5;/h19-20,22H,7-16H2,1-6H3,(H2,25,26,27);1H. The van der Waals surface area contributed by atoms with Gasteiger partial charge >= 0.3 is 0 Å². The minimum absolute atomic E-state index is 0. The van der Waals surface area contributed by atoms with Gasteiger partial charge in [-0.15, -0.1) is 24.0 Å². The fraction of sp³-hybridized carbons (Fsp3) is 0.833. The number of piperidine rings is 1. The van der Waals surface area contributed by atoms with Crippen molar-refractivity contribution in [3.05, 3.63) is 17.3 Å². The number of hydrogen-bond acceptors (Lipinski definition) is 5. The Hall–Kier alpha value is -0.870. The molecular weight excluding hydrogens is 517 g/mol. The van der Waals surface area contributed by atoms with E-state index in [1.54, 1.807) is 0 Å². The number of aromatic nitrogens is 1. The van der Waals surface area contributed by atoms with Crippen LogP contribution in [0.25, 0.3) is 0 Å². The van der Waals surface area contributed by atoms with Crippen molar-refractivity contribution in [2.75, 3.05) is 39.8 Å². The van der Waals surface area contributed by atoms with E-state index in [1.165, 1.54) is 19.3 Å². The zero-order valence-electron chi connectivity index (χ0n) is 20.9. The van der Waals surface area contributed by atoms with E-state index in [0.717, 1.165) is 69.1 Å². The van der Waals surface area contributed by atoms with Crippen molar-refractivity contribution in [3.8, 4) is 0 Å². The average molecular weight is 562 g/mol. The molecule has 2 saturated heterocycles. The number of aryl methyl sites for hydroxylation is 2. The summed E-state index contributed by atoms with van der Waals surface area (Å²) < 4.78 is 11.9. The third-order valence-electron chi connectivity index (χ3n) is 6.75. The molecule has 0 aliphatic carbocycles. The van der Waals surface area contributed by atoms with Crippen LogP contribution in [0.5, 0.6) is 0 Å². The molecule has 8 heteroatoms. The molecule has 0 saturated carbocycles. The fourth-order valence-corrected chi connectivity index (χ4v) is 4.85. The Bertz CT molecular complexity index is 703. The summed E-state index contributed by atoms with van der Waals surface area (Å²) in [6, 6.07) is 0. The third kappa shape index (κ3) is 7.87. The summed E-state index contributed by atoms with van der Waals surface area (Å²) in [7, 11) is 1.86. The quantitative estimate of drug-likeness (QED) is 0.309. The first-order chi connectivity index (χ1) is 14.8. The van der Waals surface area contributed by atoms with Gasteiger partial charge in [0.15, 0.2) is 5.96 Å². The number of nitrogens with zero attached hydrogens (tertiary/aromatic N) is 3. The number of rotatable bonds is 6. The lowest BCUT2D eigenvalue weighted by molar-refractivity contribution is -0.0835. The summed E-state index contributed by atoms with van der Waals surface area (Å²) in [4.78, 5) is 11.4. The van der Waals surface area contributed by atoms with Gasteiger partial charge in [-0.2, -0.15) is 0 Å². The smallest absolute Gasteiger partial charge is 0.208 e. The topological polar surface area (TPSA) is 74.9 Å². The van der Waals surface area contributed by atoms with Gasteiger partial charge < -0.3 is 19.8 Å². The molecule has 2 atom stereocenters. The fourth-order valence-electron chi connectivity index (χ4n) is 4.85. The molecule has 2 fully saturated rings. The third-order valence-corrected chi connectivity index (χ3v) is 6.75. The number of likely N-dealkylation sites (tertiary alicyclic amines) is 1. The van der Waals surface area contributed by atoms with E-state index in [4.69, 9.17) is 9.15 Å². The van der Waals surface area contributed by atoms with Crippen molar-refractivity contribution in [1.29, 1.82) is 0 Å². The van der Waals surface area contributed by atoms with Crippen LogP contribution in [0.2, 0.25) is 0 Å². The number of nitrogens with one attached hydrogen (secondary N) is 2. The van der Waals surface area contributed by atoms with Crippen LogP contribution >= 0.6 is 24.0 Å². The SMILES string of the molecule is CN=C(NCC1CCN(Cc2nc(C)c(C)o2)CC1)NCC1CCCOC1C(C)(C)C.I. The van der Waals surface area contributed by atoms with Gasteiger partial charge in [-0.3, -0.25) is 9.89 Å². The first kappa shape index (κ1) is 27.4. The van der Waals surface area contributed by atoms with Gasteiger partial charge in [-0.1, -0.05) is 20.8 Å². The Labute approximate surface area is 211 Å². The number of hydrogen-bond donors (Lipinski definition) is 2. The Morgan fingerprint density at radius 3 is 2.41 bits per heavy atom. The molecule has 2 N–H and O–H groups in total. The van der Waals surface area contributed by atoms with Crippen molar-refractivity contribution >= 4 is 29.9 Å². The maximum Gasteiger partial charge on any atom is 0.208 e. The Morgan fingerprint density at radius 1 is 1.12 bits per heavy atom. The number of ether oxygens (including phenoxy) is 1. The van der Waals surface area contributed by atoms with E-state index in [0.29, 0.717) is 17.9 Å². The van der Waals surface area contributed by atoms with Gasteiger partial charge in [0.05, 0.1) is 18.3 Å². The Morgan fingerprint density at radius 2 is 1.81 bits per heavy atom. The highest BCUT2D eigenvalue weighted by Gasteiger charge is 2.35. The van der Waals surface area contributed by atoms with Crippen LogP contribution in [0.3, 0.4) is 0 Å². The van der Waals surface area contributed by atoms with Crippen molar-refractivity contribution < 1.29 is 9.15 Å². The molecule has 2 aliphatic rings. The first-order valence-electron chi connectivity index (χ1n) is 12.0. The summed E-state index contributed by atoms with van der Waals surface area (Å²) in [6.07, 6.45) is 5.04. The summed E-state index contributed by atoms with van der Waals surface area (Å²) in [6.45, 7) is 16.6. The van der Waals surface area contributed by atoms with Gasteiger partial charge in [-0.25, -0.2) is 4.98 Å². The molecule has 0 radical (unpaired) electrons. The van der Waals surface area contributed by atoms with Gasteiger partial charge in [0.25, 0.3) is 0 Å². The van der Waals surface area contributed by atoms with Crippen LogP contribution in [0.1, 0.15) is 63.8 Å². The van der Waals surface area contributed by atoms with E-state index < -0.39 is 0 Å². The highest BCUT2D eigenvalue weighted by atomic mass is 127. The molecule has 0 spiro atoms. The minimum atomic E-state index is 0. The monoisotopic (exact) mass is 561 g/mol. The highest BCUT2D eigenvalue weighted by molar-refractivity contribution is 14.0. The van der Waals surface area contributed by atoms with Crippen LogP contribution in [-0.2, 0) is 11.3 Å². The maximum absolute atomic E-state index is 6.12. The van der Waals surface area contributed by atoms with Crippen LogP contribution in [-0.4, -0.2) is 61.8 Å². The average Bonchev–Trinajstić information content (AvgIpc) is 3.05. The molecular formula is C24H44IN5O2. The van der Waals surface area contributed by atoms with Crippen molar-refractivity contribution in [3.63, 3.8) is 0 Å². The highest BCUT2D eigenvalue weighted by Crippen LogP contribution is 2.33. The number of halogens is 1. The molecule has 1 aromatic rings. The molecule has 184 valence electrons. The molecule has 2 aliphatic heterocycles. The second kappa shape index (κ2) is 12.6. The van der Waals surface area contributed by atoms with Gasteiger partial charge in [-0.05, 0) is 64.0 Å². The van der Waals surface area contributed by atoms with Gasteiger partial charge in [0, 0.05) is 32.7 Å². The minimum Gasteiger partial charge on any atom is -0.444 e. The molecule has 3 rings (SSSR count). The predicted octanol–water partition coefficient (Wildman–Crippen LogP) is 4.13. The van der Waals surface area contributed by atoms with Crippen molar-refractivity contribution in [1.82, 2.24) is 20.5 Å². The summed E-state index contributed by atoms with van der Waals surface area (Å²) in [5.74, 6) is 3.88. The molecule has 0 bridgehead atoms. The van der Waals surface area contributed by atoms with E-state index in [2.05, 4.69) is 46.3 Å². The molecule has 32 heavy (non-hydrogen) atoms. The van der Waals surface area contributed by atoms with Crippen molar-refractivity contribution in [2.24, 2.45) is 22.2 Å². The lowest BCUT2D eigenvalue weighted by Gasteiger charge is -2.40. The largest absolute Gasteiger partial charge is 0.444 e. The normalized spacial score (nSPS) is 23.6. The van der Waals surface area contributed by atoms with Gasteiger partial charge in [0.2, 0.25) is 5.89 Å².